The Bertz CT molecular complexity index is 3930. The highest BCUT2D eigenvalue weighted by atomic mass is 16.6. The van der Waals surface area contributed by atoms with Crippen molar-refractivity contribution in [1.82, 2.24) is 0 Å². The third-order valence-electron chi connectivity index (χ3n) is 22.2. The Labute approximate surface area is 774 Å². The number of hydrogen-bond acceptors (Lipinski definition) is 9. The van der Waals surface area contributed by atoms with Crippen LogP contribution in [0.2, 0.25) is 0 Å². The average Bonchev–Trinajstić information content (AvgIpc) is 1.43. The Morgan fingerprint density at radius 2 is 0.592 bits per heavy atom. The highest BCUT2D eigenvalue weighted by molar-refractivity contribution is 5.83. The number of aromatic hydroxyl groups is 3. The molecule has 9 atom stereocenters. The van der Waals surface area contributed by atoms with Crippen molar-refractivity contribution in [2.75, 3.05) is 0 Å². The maximum absolute atomic E-state index is 11.9. The van der Waals surface area contributed by atoms with E-state index in [1.54, 1.807) is 47.5 Å². The monoisotopic (exact) mass is 1730 g/mol. The fourth-order valence-corrected chi connectivity index (χ4v) is 11.1. The summed E-state index contributed by atoms with van der Waals surface area (Å²) in [6.45, 7) is 55.7. The van der Waals surface area contributed by atoms with Gasteiger partial charge in [-0.05, 0) is 280 Å². The van der Waals surface area contributed by atoms with Crippen LogP contribution in [0.5, 0.6) is 17.2 Å². The van der Waals surface area contributed by atoms with Gasteiger partial charge in [-0.25, -0.2) is 0 Å². The summed E-state index contributed by atoms with van der Waals surface area (Å²) < 4.78 is 16.2. The number of esters is 3. The molecule has 0 spiro atoms. The summed E-state index contributed by atoms with van der Waals surface area (Å²) in [5.41, 5.74) is 11.7. The van der Waals surface area contributed by atoms with Crippen molar-refractivity contribution >= 4 is 28.7 Å². The predicted molar refractivity (Wildman–Crippen MR) is 561 cm³/mol. The first kappa shape index (κ1) is 139. The molecule has 10 rings (SSSR count). The normalized spacial score (nSPS) is 13.1. The molecule has 0 aliphatic heterocycles. The van der Waals surface area contributed by atoms with Crippen molar-refractivity contribution in [1.29, 1.82) is 0 Å². The first-order chi connectivity index (χ1) is 53.2. The Kier molecular flexibility index (Phi) is 79.2. The van der Waals surface area contributed by atoms with Crippen LogP contribution in [-0.2, 0) is 35.0 Å². The van der Waals surface area contributed by atoms with E-state index in [1.807, 2.05) is 195 Å². The Morgan fingerprint density at radius 1 is 0.328 bits per heavy atom. The standard InChI is InChI=1S/C15H22O2.C14H20O2.C14H16.C11H14.C10H20O2.3C10H14O.C10H14.12CH4/c1-6-15(4,5)14(16)17-12(3)13-9-7-11(2)8-10-13;1-5-14(3,4)13(15)16-11(2)12-9-7-6-8-10-12;1-3-11(2)13-9-8-12-6-4-5-7-14(12)10-13;1-8-7-10-5-3-4-6-11(10)9(8)2;1-7-10(5,6)8(11)12-9(2,3)4;3*1-3-8(2)9-4-6-10(11)7-5-9;1-3-9(2)10-7-5-4-6-8-10;;;;;;;;;;;;/h7-10,12H,6H2,1-5H3;6-11H,5H2,1-4H3;4-11H,3H2,1-2H3;3-6,8-9H,7H2,1-2H3;7H2,1-6H3;3*4-8,11H,3H2,1-2H3;4-9H,3H2,1-2H3;12*1H4. The quantitative estimate of drug-likeness (QED) is 0.0503. The van der Waals surface area contributed by atoms with Gasteiger partial charge in [0, 0.05) is 0 Å². The van der Waals surface area contributed by atoms with Gasteiger partial charge in [-0.1, -0.05) is 387 Å². The summed E-state index contributed by atoms with van der Waals surface area (Å²) in [4.78, 5) is 35.3. The molecule has 0 bridgehead atoms. The zero-order valence-electron chi connectivity index (χ0n) is 74.7. The van der Waals surface area contributed by atoms with Crippen molar-refractivity contribution < 1.29 is 43.9 Å². The average molecular weight is 1730 g/mol. The van der Waals surface area contributed by atoms with Crippen molar-refractivity contribution in [2.45, 2.75) is 387 Å². The van der Waals surface area contributed by atoms with Crippen LogP contribution in [0.3, 0.4) is 0 Å². The molecule has 1 aliphatic rings. The first-order valence-electron chi connectivity index (χ1n) is 41.9. The number of ether oxygens (including phenoxy) is 3. The molecule has 0 aromatic heterocycles. The fraction of sp³-hybridized carbons (Fsp3) is 0.526. The summed E-state index contributed by atoms with van der Waals surface area (Å²) in [5.74, 6) is 5.42. The van der Waals surface area contributed by atoms with Gasteiger partial charge in [0.05, 0.1) is 16.2 Å². The summed E-state index contributed by atoms with van der Waals surface area (Å²) in [6.07, 6.45) is 9.15. The van der Waals surface area contributed by atoms with Crippen LogP contribution in [0, 0.1) is 29.1 Å². The number of carbonyl (C=O) groups excluding carboxylic acids is 3. The van der Waals surface area contributed by atoms with E-state index in [0.29, 0.717) is 46.8 Å². The molecule has 9 heteroatoms. The molecule has 0 saturated heterocycles. The second kappa shape index (κ2) is 71.1. The molecule has 714 valence electrons. The van der Waals surface area contributed by atoms with Crippen LogP contribution in [0.25, 0.3) is 10.8 Å². The van der Waals surface area contributed by atoms with Crippen LogP contribution in [-0.4, -0.2) is 38.8 Å². The van der Waals surface area contributed by atoms with Gasteiger partial charge in [0.1, 0.15) is 35.1 Å². The van der Waals surface area contributed by atoms with Gasteiger partial charge in [-0.15, -0.1) is 0 Å². The van der Waals surface area contributed by atoms with E-state index in [-0.39, 0.29) is 130 Å². The lowest BCUT2D eigenvalue weighted by molar-refractivity contribution is -0.166. The predicted octanol–water partition coefficient (Wildman–Crippen LogP) is 37.4. The molecule has 1 aliphatic carbocycles. The molecule has 125 heavy (non-hydrogen) atoms. The first-order valence-corrected chi connectivity index (χ1v) is 41.9. The van der Waals surface area contributed by atoms with Crippen molar-refractivity contribution in [2.24, 2.45) is 22.2 Å². The smallest absolute Gasteiger partial charge is 0.312 e. The molecular weight excluding hydrogens is 1540 g/mol. The topological polar surface area (TPSA) is 140 Å². The maximum Gasteiger partial charge on any atom is 0.312 e. The molecule has 0 radical (unpaired) electrons. The third-order valence-corrected chi connectivity index (χ3v) is 22.2. The lowest BCUT2D eigenvalue weighted by Gasteiger charge is -2.27. The van der Waals surface area contributed by atoms with Gasteiger partial charge in [-0.2, -0.15) is 0 Å². The fourth-order valence-electron chi connectivity index (χ4n) is 11.1. The van der Waals surface area contributed by atoms with E-state index in [9.17, 15) is 14.4 Å². The van der Waals surface area contributed by atoms with E-state index >= 15 is 0 Å². The van der Waals surface area contributed by atoms with E-state index in [2.05, 4.69) is 180 Å². The molecule has 9 aromatic rings. The van der Waals surface area contributed by atoms with Gasteiger partial charge >= 0.3 is 17.9 Å². The zero-order valence-corrected chi connectivity index (χ0v) is 74.7. The van der Waals surface area contributed by atoms with Crippen molar-refractivity contribution in [3.05, 3.63) is 280 Å². The summed E-state index contributed by atoms with van der Waals surface area (Å²) in [6, 6.07) is 74.9. The number of carbonyl (C=O) groups is 3. The minimum atomic E-state index is -0.404. The number of aryl methyl sites for hydroxylation is 1. The zero-order chi connectivity index (χ0) is 85.2. The maximum atomic E-state index is 11.9. The molecule has 9 unspecified atom stereocenters. The second-order valence-electron chi connectivity index (χ2n) is 33.6. The second-order valence-corrected chi connectivity index (χ2v) is 33.6. The number of hydrogen-bond donors (Lipinski definition) is 3. The van der Waals surface area contributed by atoms with Crippen LogP contribution in [0.4, 0.5) is 0 Å². The van der Waals surface area contributed by atoms with Gasteiger partial charge in [-0.3, -0.25) is 14.4 Å². The van der Waals surface area contributed by atoms with Crippen LogP contribution in [0.15, 0.2) is 224 Å². The molecule has 0 amide bonds. The van der Waals surface area contributed by atoms with Crippen LogP contribution < -0.4 is 0 Å². The molecule has 0 saturated carbocycles. The minimum absolute atomic E-state index is 0. The number of fused-ring (bicyclic) bond motifs is 2. The van der Waals surface area contributed by atoms with E-state index in [4.69, 9.17) is 29.5 Å². The molecule has 0 heterocycles. The number of rotatable bonds is 20. The van der Waals surface area contributed by atoms with Gasteiger partial charge in [0.2, 0.25) is 0 Å². The van der Waals surface area contributed by atoms with Gasteiger partial charge in [0.15, 0.2) is 0 Å². The molecule has 3 N–H and O–H groups in total. The Hall–Kier alpha value is -8.95. The minimum Gasteiger partial charge on any atom is -0.508 e. The number of phenols is 3. The summed E-state index contributed by atoms with van der Waals surface area (Å²) >= 11 is 0. The van der Waals surface area contributed by atoms with Crippen LogP contribution in [0.1, 0.15) is 424 Å². The van der Waals surface area contributed by atoms with Crippen molar-refractivity contribution in [3.63, 3.8) is 0 Å². The van der Waals surface area contributed by atoms with E-state index in [0.717, 1.165) is 61.5 Å². The lowest BCUT2D eigenvalue weighted by atomic mass is 9.90. The molecule has 0 fully saturated rings. The number of phenolic OH excluding ortho intramolecular Hbond substituents is 3. The Balaban J connectivity index is -0.000000129. The SMILES string of the molecule is C.C.C.C.C.C.C.C.C.C.C.C.CC1Cc2ccccc2C1C.CCC(C)(C)C(=O)OC(C)(C)C.CCC(C)(C)C(=O)OC(C)c1ccc(C)cc1.CCC(C)(C)C(=O)OC(C)c1ccccc1.CCC(C)c1ccc(O)cc1.CCC(C)c1ccc(O)cc1.CCC(C)c1ccc(O)cc1.CCC(C)c1ccc2ccccc2c1.CCC(C)c1ccccc1. The van der Waals surface area contributed by atoms with Gasteiger partial charge < -0.3 is 29.5 Å². The van der Waals surface area contributed by atoms with Gasteiger partial charge in [0.25, 0.3) is 0 Å². The van der Waals surface area contributed by atoms with Crippen molar-refractivity contribution in [3.8, 4) is 17.2 Å². The largest absolute Gasteiger partial charge is 0.508 e. The summed E-state index contributed by atoms with van der Waals surface area (Å²) in [7, 11) is 0. The van der Waals surface area contributed by atoms with Crippen LogP contribution >= 0.6 is 0 Å². The number of benzene rings is 9. The van der Waals surface area contributed by atoms with E-state index < -0.39 is 10.8 Å². The highest BCUT2D eigenvalue weighted by Gasteiger charge is 2.32. The highest BCUT2D eigenvalue weighted by Crippen LogP contribution is 2.37. The van der Waals surface area contributed by atoms with E-state index in [1.165, 1.54) is 63.4 Å². The molecule has 9 aromatic carbocycles. The summed E-state index contributed by atoms with van der Waals surface area (Å²) in [5, 5.41) is 29.7. The third kappa shape index (κ3) is 52.1. The molecular formula is C116H196O9. The molecule has 9 nitrogen and oxygen atoms in total. The Morgan fingerprint density at radius 3 is 0.912 bits per heavy atom. The lowest BCUT2D eigenvalue weighted by Crippen LogP contribution is -2.33.